The van der Waals surface area contributed by atoms with Gasteiger partial charge in [-0.1, -0.05) is 38.5 Å². The number of aliphatic carboxylic acids is 2. The zero-order chi connectivity index (χ0) is 33.6. The van der Waals surface area contributed by atoms with Crippen molar-refractivity contribution in [1.29, 1.82) is 0 Å². The fourth-order valence-electron chi connectivity index (χ4n) is 8.04. The predicted molar refractivity (Wildman–Crippen MR) is 171 cm³/mol. The number of carboxylic acids is 2. The molecule has 0 bridgehead atoms. The SMILES string of the molecule is O=C(OCC1CCCCC1)C1CCC(C(=O)O)C(CONCCCNC(=O)C2CC(C(=O)OCC3CCCCC3)CCC2C(=O)O)C1. The summed E-state index contributed by atoms with van der Waals surface area (Å²) in [5, 5.41) is 22.3. The van der Waals surface area contributed by atoms with Crippen LogP contribution in [-0.2, 0) is 38.3 Å². The Balaban J connectivity index is 1.13. The summed E-state index contributed by atoms with van der Waals surface area (Å²) in [6, 6.07) is 0. The number of hydrogen-bond acceptors (Lipinski definition) is 9. The van der Waals surface area contributed by atoms with Gasteiger partial charge in [-0.15, -0.1) is 0 Å². The first-order valence-corrected chi connectivity index (χ1v) is 18.1. The number of esters is 2. The lowest BCUT2D eigenvalue weighted by Gasteiger charge is -2.33. The van der Waals surface area contributed by atoms with Gasteiger partial charge in [0, 0.05) is 13.1 Å². The number of rotatable bonds is 16. The van der Waals surface area contributed by atoms with Crippen LogP contribution in [0.3, 0.4) is 0 Å². The lowest BCUT2D eigenvalue weighted by molar-refractivity contribution is -0.158. The van der Waals surface area contributed by atoms with Gasteiger partial charge in [-0.05, 0) is 88.4 Å². The van der Waals surface area contributed by atoms with Crippen LogP contribution in [0.15, 0.2) is 0 Å². The Morgan fingerprint density at radius 2 is 1.11 bits per heavy atom. The molecule has 4 N–H and O–H groups in total. The number of carbonyl (C=O) groups is 5. The van der Waals surface area contributed by atoms with E-state index < -0.39 is 35.6 Å². The maximum atomic E-state index is 13.0. The van der Waals surface area contributed by atoms with E-state index in [1.807, 2.05) is 0 Å². The van der Waals surface area contributed by atoms with E-state index in [1.54, 1.807) is 0 Å². The second-order valence-electron chi connectivity index (χ2n) is 14.4. The van der Waals surface area contributed by atoms with Crippen LogP contribution in [0.2, 0.25) is 0 Å². The largest absolute Gasteiger partial charge is 0.481 e. The number of ether oxygens (including phenoxy) is 2. The van der Waals surface area contributed by atoms with Gasteiger partial charge in [0.15, 0.2) is 0 Å². The molecule has 6 unspecified atom stereocenters. The molecule has 0 aromatic rings. The molecular weight excluding hydrogens is 608 g/mol. The van der Waals surface area contributed by atoms with Gasteiger partial charge in [0.25, 0.3) is 0 Å². The number of amides is 1. The summed E-state index contributed by atoms with van der Waals surface area (Å²) in [4.78, 5) is 67.9. The normalized spacial score (nSPS) is 29.0. The van der Waals surface area contributed by atoms with E-state index in [-0.39, 0.29) is 55.7 Å². The van der Waals surface area contributed by atoms with E-state index in [2.05, 4.69) is 10.8 Å². The third-order valence-corrected chi connectivity index (χ3v) is 11.0. The minimum Gasteiger partial charge on any atom is -0.481 e. The Labute approximate surface area is 278 Å². The van der Waals surface area contributed by atoms with Crippen LogP contribution in [0.5, 0.6) is 0 Å². The van der Waals surface area contributed by atoms with Crippen molar-refractivity contribution in [1.82, 2.24) is 10.8 Å². The number of carbonyl (C=O) groups excluding carboxylic acids is 3. The molecule has 6 atom stereocenters. The third kappa shape index (κ3) is 11.7. The summed E-state index contributed by atoms with van der Waals surface area (Å²) in [6.07, 6.45) is 14.0. The Morgan fingerprint density at radius 3 is 1.66 bits per heavy atom. The third-order valence-electron chi connectivity index (χ3n) is 11.0. The van der Waals surface area contributed by atoms with E-state index in [0.29, 0.717) is 63.7 Å². The van der Waals surface area contributed by atoms with Crippen molar-refractivity contribution in [3.05, 3.63) is 0 Å². The Hall–Kier alpha value is -2.73. The molecule has 4 rings (SSSR count). The second-order valence-corrected chi connectivity index (χ2v) is 14.4. The summed E-state index contributed by atoms with van der Waals surface area (Å²) < 4.78 is 11.2. The molecule has 4 aliphatic carbocycles. The van der Waals surface area contributed by atoms with Gasteiger partial charge in [0.1, 0.15) is 0 Å². The predicted octanol–water partition coefficient (Wildman–Crippen LogP) is 4.50. The Bertz CT molecular complexity index is 1040. The quantitative estimate of drug-likeness (QED) is 0.104. The molecule has 1 amide bonds. The van der Waals surface area contributed by atoms with Crippen LogP contribution in [0, 0.1) is 47.3 Å². The first-order valence-electron chi connectivity index (χ1n) is 18.1. The van der Waals surface area contributed by atoms with Gasteiger partial charge in [-0.2, -0.15) is 0 Å². The van der Waals surface area contributed by atoms with E-state index in [9.17, 15) is 34.2 Å². The molecule has 0 radical (unpaired) electrons. The van der Waals surface area contributed by atoms with E-state index in [1.165, 1.54) is 25.7 Å². The maximum absolute atomic E-state index is 13.0. The number of nitrogens with one attached hydrogen (secondary N) is 2. The van der Waals surface area contributed by atoms with Crippen LogP contribution in [0.1, 0.15) is 109 Å². The molecule has 4 aliphatic rings. The van der Waals surface area contributed by atoms with Gasteiger partial charge in [0.05, 0.1) is 49.4 Å². The molecule has 266 valence electrons. The zero-order valence-electron chi connectivity index (χ0n) is 27.8. The molecule has 0 saturated heterocycles. The highest BCUT2D eigenvalue weighted by molar-refractivity contribution is 5.86. The topological polar surface area (TPSA) is 178 Å². The van der Waals surface area contributed by atoms with Crippen LogP contribution < -0.4 is 10.8 Å². The van der Waals surface area contributed by atoms with Crippen molar-refractivity contribution in [3.63, 3.8) is 0 Å². The van der Waals surface area contributed by atoms with Crippen LogP contribution in [0.4, 0.5) is 0 Å². The van der Waals surface area contributed by atoms with Gasteiger partial charge in [-0.25, -0.2) is 5.48 Å². The fraction of sp³-hybridized carbons (Fsp3) is 0.857. The van der Waals surface area contributed by atoms with Crippen molar-refractivity contribution >= 4 is 29.8 Å². The Kier molecular flexibility index (Phi) is 15.2. The minimum absolute atomic E-state index is 0.135. The molecule has 0 aromatic heterocycles. The fourth-order valence-corrected chi connectivity index (χ4v) is 8.04. The molecule has 0 heterocycles. The van der Waals surface area contributed by atoms with Crippen molar-refractivity contribution in [2.24, 2.45) is 47.3 Å². The van der Waals surface area contributed by atoms with Gasteiger partial charge in [-0.3, -0.25) is 24.0 Å². The van der Waals surface area contributed by atoms with Crippen molar-refractivity contribution in [2.45, 2.75) is 109 Å². The highest BCUT2D eigenvalue weighted by Gasteiger charge is 2.42. The van der Waals surface area contributed by atoms with Gasteiger partial charge >= 0.3 is 23.9 Å². The molecule has 12 nitrogen and oxygen atoms in total. The lowest BCUT2D eigenvalue weighted by Crippen LogP contribution is -2.43. The zero-order valence-corrected chi connectivity index (χ0v) is 27.8. The van der Waals surface area contributed by atoms with Crippen molar-refractivity contribution in [2.75, 3.05) is 32.9 Å². The molecule has 0 aliphatic heterocycles. The second kappa shape index (κ2) is 19.3. The molecule has 12 heteroatoms. The summed E-state index contributed by atoms with van der Waals surface area (Å²) in [5.74, 6) is -5.44. The van der Waals surface area contributed by atoms with Gasteiger partial charge < -0.3 is 29.8 Å². The number of hydrogen-bond donors (Lipinski definition) is 4. The van der Waals surface area contributed by atoms with Crippen molar-refractivity contribution < 1.29 is 48.5 Å². The summed E-state index contributed by atoms with van der Waals surface area (Å²) in [5.41, 5.74) is 2.83. The highest BCUT2D eigenvalue weighted by Crippen LogP contribution is 2.37. The minimum atomic E-state index is -1.03. The van der Waals surface area contributed by atoms with E-state index in [0.717, 1.165) is 38.5 Å². The van der Waals surface area contributed by atoms with E-state index >= 15 is 0 Å². The van der Waals surface area contributed by atoms with Crippen molar-refractivity contribution in [3.8, 4) is 0 Å². The van der Waals surface area contributed by atoms with Gasteiger partial charge in [0.2, 0.25) is 5.91 Å². The average Bonchev–Trinajstić information content (AvgIpc) is 3.09. The molecule has 0 aromatic carbocycles. The lowest BCUT2D eigenvalue weighted by atomic mass is 9.73. The Morgan fingerprint density at radius 1 is 0.574 bits per heavy atom. The molecule has 4 saturated carbocycles. The molecule has 0 spiro atoms. The smallest absolute Gasteiger partial charge is 0.308 e. The first kappa shape index (κ1) is 37.1. The number of carboxylic acid groups (broad SMARTS) is 2. The molecular formula is C35H56N2O10. The van der Waals surface area contributed by atoms with Crippen LogP contribution >= 0.6 is 0 Å². The maximum Gasteiger partial charge on any atom is 0.308 e. The highest BCUT2D eigenvalue weighted by atomic mass is 16.6. The monoisotopic (exact) mass is 664 g/mol. The van der Waals surface area contributed by atoms with Crippen LogP contribution in [0.25, 0.3) is 0 Å². The standard InChI is InChI=1S/C35H56N2O10/c38-31(30-19-26(13-15-29(30)33(41)42)35(44)46-21-24-10-5-2-6-11-24)36-16-7-17-37-47-22-27-18-25(12-14-28(27)32(39)40)34(43)45-20-23-8-3-1-4-9-23/h23-30,37H,1-22H2,(H,36,38)(H,39,40)(H,41,42). The summed E-state index contributed by atoms with van der Waals surface area (Å²) >= 11 is 0. The summed E-state index contributed by atoms with van der Waals surface area (Å²) in [7, 11) is 0. The van der Waals surface area contributed by atoms with E-state index in [4.69, 9.17) is 14.3 Å². The molecule has 47 heavy (non-hydrogen) atoms. The number of hydroxylamine groups is 1. The average molecular weight is 665 g/mol. The summed E-state index contributed by atoms with van der Waals surface area (Å²) in [6.45, 7) is 1.64. The molecule has 4 fully saturated rings. The van der Waals surface area contributed by atoms with Crippen LogP contribution in [-0.4, -0.2) is 72.9 Å². The first-order chi connectivity index (χ1) is 22.7.